The van der Waals surface area contributed by atoms with E-state index in [2.05, 4.69) is 4.98 Å². The van der Waals surface area contributed by atoms with E-state index >= 15 is 0 Å². The van der Waals surface area contributed by atoms with E-state index in [0.29, 0.717) is 30.2 Å². The molecule has 0 radical (unpaired) electrons. The lowest BCUT2D eigenvalue weighted by Gasteiger charge is -2.14. The van der Waals surface area contributed by atoms with Crippen molar-refractivity contribution < 1.29 is 24.8 Å². The number of imidazole rings is 1. The molecule has 0 unspecified atom stereocenters. The number of para-hydroxylation sites is 1. The highest BCUT2D eigenvalue weighted by Crippen LogP contribution is 2.27. The van der Waals surface area contributed by atoms with E-state index in [1.54, 1.807) is 6.07 Å². The van der Waals surface area contributed by atoms with Crippen LogP contribution in [0.25, 0.3) is 11.0 Å². The maximum atomic E-state index is 9.16. The maximum Gasteiger partial charge on any atom is 0.147 e. The summed E-state index contributed by atoms with van der Waals surface area (Å²) in [5.74, 6) is 1.17. The second kappa shape index (κ2) is 8.80. The largest absolute Gasteiger partial charge is 0.483 e. The van der Waals surface area contributed by atoms with Crippen LogP contribution in [0.5, 0.6) is 5.75 Å². The van der Waals surface area contributed by atoms with Crippen LogP contribution in [0.15, 0.2) is 18.2 Å². The van der Waals surface area contributed by atoms with Crippen molar-refractivity contribution in [3.8, 4) is 5.75 Å². The summed E-state index contributed by atoms with van der Waals surface area (Å²) in [4.78, 5) is 4.50. The smallest absolute Gasteiger partial charge is 0.147 e. The standard InChI is InChI=1S/C15H23N3O5/c16-8-14-17-15-12(18(14)4-6-22-7-5-19)2-1-3-13(15)23-11(9-20)10-21/h1-3,11,19-21H,4-10,16H2. The van der Waals surface area contributed by atoms with E-state index in [0.717, 1.165) is 5.52 Å². The van der Waals surface area contributed by atoms with Gasteiger partial charge in [-0.3, -0.25) is 0 Å². The normalized spacial score (nSPS) is 11.5. The fourth-order valence-electron chi connectivity index (χ4n) is 2.30. The van der Waals surface area contributed by atoms with Gasteiger partial charge in [0.25, 0.3) is 0 Å². The number of aromatic nitrogens is 2. The highest BCUT2D eigenvalue weighted by molar-refractivity contribution is 5.82. The molecule has 5 N–H and O–H groups in total. The van der Waals surface area contributed by atoms with Gasteiger partial charge in [-0.1, -0.05) is 6.07 Å². The number of hydrogen-bond donors (Lipinski definition) is 4. The summed E-state index contributed by atoms with van der Waals surface area (Å²) in [5.41, 5.74) is 7.23. The van der Waals surface area contributed by atoms with Crippen LogP contribution in [0, 0.1) is 0 Å². The van der Waals surface area contributed by atoms with Gasteiger partial charge in [-0.25, -0.2) is 4.98 Å². The molecule has 128 valence electrons. The summed E-state index contributed by atoms with van der Waals surface area (Å²) in [6.45, 7) is 0.940. The van der Waals surface area contributed by atoms with Crippen molar-refractivity contribution in [2.24, 2.45) is 5.73 Å². The third-order valence-electron chi connectivity index (χ3n) is 3.40. The summed E-state index contributed by atoms with van der Waals surface area (Å²) >= 11 is 0. The molecule has 0 fully saturated rings. The van der Waals surface area contributed by atoms with Gasteiger partial charge in [0, 0.05) is 6.54 Å². The monoisotopic (exact) mass is 325 g/mol. The Morgan fingerprint density at radius 3 is 2.61 bits per heavy atom. The molecule has 0 aliphatic heterocycles. The Kier molecular flexibility index (Phi) is 6.75. The van der Waals surface area contributed by atoms with E-state index in [4.69, 9.17) is 30.5 Å². The quantitative estimate of drug-likeness (QED) is 0.423. The number of aliphatic hydroxyl groups is 3. The van der Waals surface area contributed by atoms with Crippen molar-refractivity contribution in [1.29, 1.82) is 0 Å². The Hall–Kier alpha value is -1.71. The van der Waals surface area contributed by atoms with Gasteiger partial charge >= 0.3 is 0 Å². The first-order chi connectivity index (χ1) is 11.2. The number of nitrogens with zero attached hydrogens (tertiary/aromatic N) is 2. The van der Waals surface area contributed by atoms with Gasteiger partial charge < -0.3 is 35.1 Å². The third-order valence-corrected chi connectivity index (χ3v) is 3.40. The zero-order valence-corrected chi connectivity index (χ0v) is 12.9. The summed E-state index contributed by atoms with van der Waals surface area (Å²) in [6.07, 6.45) is -0.694. The van der Waals surface area contributed by atoms with Crippen LogP contribution in [0.2, 0.25) is 0 Å². The molecule has 0 saturated carbocycles. The molecular weight excluding hydrogens is 302 g/mol. The molecule has 0 amide bonds. The fraction of sp³-hybridized carbons (Fsp3) is 0.533. The SMILES string of the molecule is NCc1nc2c(OC(CO)CO)cccc2n1CCOCCO. The molecule has 0 saturated heterocycles. The van der Waals surface area contributed by atoms with Gasteiger partial charge in [-0.05, 0) is 12.1 Å². The van der Waals surface area contributed by atoms with E-state index in [1.165, 1.54) is 0 Å². The first-order valence-corrected chi connectivity index (χ1v) is 7.50. The van der Waals surface area contributed by atoms with Crippen LogP contribution < -0.4 is 10.5 Å². The molecule has 0 bridgehead atoms. The van der Waals surface area contributed by atoms with E-state index in [-0.39, 0.29) is 33.0 Å². The molecule has 1 aromatic heterocycles. The van der Waals surface area contributed by atoms with Crippen molar-refractivity contribution in [1.82, 2.24) is 9.55 Å². The third kappa shape index (κ3) is 4.18. The summed E-state index contributed by atoms with van der Waals surface area (Å²) in [7, 11) is 0. The predicted octanol–water partition coefficient (Wildman–Crippen LogP) is -0.764. The molecule has 2 aromatic rings. The topological polar surface area (TPSA) is 123 Å². The molecule has 0 atom stereocenters. The number of fused-ring (bicyclic) bond motifs is 1. The Morgan fingerprint density at radius 2 is 1.96 bits per heavy atom. The lowest BCUT2D eigenvalue weighted by molar-refractivity contribution is 0.0639. The molecule has 1 aromatic carbocycles. The average molecular weight is 325 g/mol. The lowest BCUT2D eigenvalue weighted by atomic mass is 10.3. The van der Waals surface area contributed by atoms with Crippen molar-refractivity contribution in [2.45, 2.75) is 19.2 Å². The second-order valence-electron chi connectivity index (χ2n) is 4.95. The van der Waals surface area contributed by atoms with Crippen LogP contribution in [-0.2, 0) is 17.8 Å². The number of nitrogens with two attached hydrogens (primary N) is 1. The summed E-state index contributed by atoms with van der Waals surface area (Å²) in [6, 6.07) is 5.45. The van der Waals surface area contributed by atoms with Crippen molar-refractivity contribution in [3.63, 3.8) is 0 Å². The minimum atomic E-state index is -0.694. The Bertz CT molecular complexity index is 612. The van der Waals surface area contributed by atoms with Gasteiger partial charge in [0.05, 0.1) is 45.1 Å². The highest BCUT2D eigenvalue weighted by atomic mass is 16.5. The van der Waals surface area contributed by atoms with E-state index in [1.807, 2.05) is 16.7 Å². The van der Waals surface area contributed by atoms with Gasteiger partial charge in [0.15, 0.2) is 0 Å². The first-order valence-electron chi connectivity index (χ1n) is 7.50. The van der Waals surface area contributed by atoms with Gasteiger partial charge in [0.1, 0.15) is 23.2 Å². The molecule has 1 heterocycles. The Balaban J connectivity index is 2.29. The molecule has 23 heavy (non-hydrogen) atoms. The highest BCUT2D eigenvalue weighted by Gasteiger charge is 2.16. The van der Waals surface area contributed by atoms with Crippen molar-refractivity contribution in [2.75, 3.05) is 33.0 Å². The minimum absolute atomic E-state index is 0.0177. The van der Waals surface area contributed by atoms with Crippen LogP contribution in [0.3, 0.4) is 0 Å². The van der Waals surface area contributed by atoms with E-state index in [9.17, 15) is 0 Å². The van der Waals surface area contributed by atoms with Gasteiger partial charge in [-0.15, -0.1) is 0 Å². The number of aliphatic hydroxyl groups excluding tert-OH is 3. The zero-order chi connectivity index (χ0) is 16.7. The van der Waals surface area contributed by atoms with Gasteiger partial charge in [-0.2, -0.15) is 0 Å². The molecule has 8 nitrogen and oxygen atoms in total. The van der Waals surface area contributed by atoms with Crippen molar-refractivity contribution >= 4 is 11.0 Å². The molecule has 0 aliphatic carbocycles. The van der Waals surface area contributed by atoms with Gasteiger partial charge in [0.2, 0.25) is 0 Å². The van der Waals surface area contributed by atoms with Crippen LogP contribution in [0.4, 0.5) is 0 Å². The van der Waals surface area contributed by atoms with Crippen molar-refractivity contribution in [3.05, 3.63) is 24.0 Å². The molecule has 0 spiro atoms. The number of hydrogen-bond acceptors (Lipinski definition) is 7. The first kappa shape index (κ1) is 17.6. The Morgan fingerprint density at radius 1 is 1.17 bits per heavy atom. The average Bonchev–Trinajstić information content (AvgIpc) is 2.95. The molecule has 2 rings (SSSR count). The van der Waals surface area contributed by atoms with Crippen LogP contribution >= 0.6 is 0 Å². The fourth-order valence-corrected chi connectivity index (χ4v) is 2.30. The molecular formula is C15H23N3O5. The molecule has 0 aliphatic rings. The predicted molar refractivity (Wildman–Crippen MR) is 84.1 cm³/mol. The van der Waals surface area contributed by atoms with Crippen LogP contribution in [-0.4, -0.2) is 64.0 Å². The number of benzene rings is 1. The molecule has 8 heteroatoms. The summed E-state index contributed by atoms with van der Waals surface area (Å²) < 4.78 is 12.8. The number of ether oxygens (including phenoxy) is 2. The van der Waals surface area contributed by atoms with E-state index < -0.39 is 6.10 Å². The number of rotatable bonds is 10. The lowest BCUT2D eigenvalue weighted by Crippen LogP contribution is -2.25. The van der Waals surface area contributed by atoms with Crippen LogP contribution in [0.1, 0.15) is 5.82 Å². The Labute approximate surface area is 134 Å². The maximum absolute atomic E-state index is 9.16. The minimum Gasteiger partial charge on any atom is -0.483 e. The summed E-state index contributed by atoms with van der Waals surface area (Å²) in [5, 5.41) is 27.1. The second-order valence-corrected chi connectivity index (χ2v) is 4.95. The zero-order valence-electron chi connectivity index (χ0n) is 12.9.